The number of anilines is 1. The molecule has 1 aromatic heterocycles. The summed E-state index contributed by atoms with van der Waals surface area (Å²) >= 11 is 0. The smallest absolute Gasteiger partial charge is 0.264 e. The second-order valence-corrected chi connectivity index (χ2v) is 5.24. The molecular weight excluding hydrogens is 252 g/mol. The zero-order chi connectivity index (χ0) is 13.2. The Hall–Kier alpha value is -2.33. The first-order chi connectivity index (χ1) is 8.53. The molecule has 0 spiro atoms. The van der Waals surface area contributed by atoms with E-state index in [-0.39, 0.29) is 16.3 Å². The van der Waals surface area contributed by atoms with Crippen molar-refractivity contribution >= 4 is 15.8 Å². The van der Waals surface area contributed by atoms with Crippen molar-refractivity contribution in [2.45, 2.75) is 4.90 Å². The first kappa shape index (κ1) is 12.1. The molecule has 0 aliphatic heterocycles. The molecule has 0 atom stereocenters. The monoisotopic (exact) mass is 262 g/mol. The van der Waals surface area contributed by atoms with Gasteiger partial charge in [0.15, 0.2) is 5.82 Å². The van der Waals surface area contributed by atoms with Crippen LogP contribution >= 0.6 is 0 Å². The molecule has 0 bridgehead atoms. The second kappa shape index (κ2) is 4.50. The molecule has 92 valence electrons. The molecule has 1 N–H and O–H groups in total. The summed E-state index contributed by atoms with van der Waals surface area (Å²) in [5, 5.41) is 12.8. The average Bonchev–Trinajstić information content (AvgIpc) is 2.74. The maximum Gasteiger partial charge on any atom is 0.264 e. The van der Waals surface area contributed by atoms with Crippen LogP contribution in [0.2, 0.25) is 0 Å². The lowest BCUT2D eigenvalue weighted by atomic mass is 10.2. The third-order valence-corrected chi connectivity index (χ3v) is 3.66. The number of nitrogens with zero attached hydrogens (tertiary/aromatic N) is 3. The van der Waals surface area contributed by atoms with Crippen LogP contribution in [0.5, 0.6) is 0 Å². The Balaban J connectivity index is 2.40. The summed E-state index contributed by atoms with van der Waals surface area (Å²) in [5.41, 5.74) is 0.0981. The molecule has 2 rings (SSSR count). The number of hydrogen-bond donors (Lipinski definition) is 1. The van der Waals surface area contributed by atoms with Crippen molar-refractivity contribution in [1.82, 2.24) is 9.78 Å². The highest BCUT2D eigenvalue weighted by molar-refractivity contribution is 7.92. The molecule has 0 amide bonds. The van der Waals surface area contributed by atoms with Crippen LogP contribution in [0, 0.1) is 11.3 Å². The van der Waals surface area contributed by atoms with Crippen LogP contribution in [0.4, 0.5) is 5.82 Å². The maximum atomic E-state index is 12.1. The van der Waals surface area contributed by atoms with Crippen LogP contribution in [0.1, 0.15) is 5.56 Å². The van der Waals surface area contributed by atoms with Gasteiger partial charge in [0.25, 0.3) is 10.0 Å². The number of aromatic nitrogens is 2. The molecule has 1 aromatic carbocycles. The van der Waals surface area contributed by atoms with Crippen molar-refractivity contribution < 1.29 is 8.42 Å². The highest BCUT2D eigenvalue weighted by Gasteiger charge is 2.18. The molecule has 0 aliphatic rings. The summed E-state index contributed by atoms with van der Waals surface area (Å²) < 4.78 is 28.0. The predicted octanol–water partition coefficient (Wildman–Crippen LogP) is 1.09. The number of aryl methyl sites for hydroxylation is 1. The number of rotatable bonds is 3. The summed E-state index contributed by atoms with van der Waals surface area (Å²) in [6, 6.07) is 9.39. The Bertz CT molecular complexity index is 713. The lowest BCUT2D eigenvalue weighted by Gasteiger charge is -2.06. The topological polar surface area (TPSA) is 87.8 Å². The van der Waals surface area contributed by atoms with Crippen molar-refractivity contribution in [2.75, 3.05) is 4.72 Å². The van der Waals surface area contributed by atoms with E-state index in [0.717, 1.165) is 0 Å². The van der Waals surface area contributed by atoms with Crippen LogP contribution in [-0.4, -0.2) is 18.2 Å². The summed E-state index contributed by atoms with van der Waals surface area (Å²) in [6.45, 7) is 0. The van der Waals surface area contributed by atoms with Crippen molar-refractivity contribution in [3.05, 3.63) is 42.1 Å². The minimum Gasteiger partial charge on any atom is -0.274 e. The lowest BCUT2D eigenvalue weighted by Crippen LogP contribution is -2.14. The third kappa shape index (κ3) is 2.33. The zero-order valence-electron chi connectivity index (χ0n) is 9.53. The van der Waals surface area contributed by atoms with Gasteiger partial charge in [-0.05, 0) is 12.1 Å². The number of nitriles is 1. The molecular formula is C11H10N4O2S. The van der Waals surface area contributed by atoms with Crippen LogP contribution in [-0.2, 0) is 17.1 Å². The molecule has 1 heterocycles. The first-order valence-electron chi connectivity index (χ1n) is 5.04. The highest BCUT2D eigenvalue weighted by Crippen LogP contribution is 2.17. The number of benzene rings is 1. The number of nitrogens with one attached hydrogen (secondary N) is 1. The standard InChI is InChI=1S/C11H10N4O2S/c1-15-7-6-11(13-15)14-18(16,17)10-5-3-2-4-9(10)8-12/h2-7H,1H3,(H,13,14). The van der Waals surface area contributed by atoms with E-state index >= 15 is 0 Å². The molecule has 2 aromatic rings. The van der Waals surface area contributed by atoms with Crippen molar-refractivity contribution in [3.63, 3.8) is 0 Å². The van der Waals surface area contributed by atoms with E-state index in [2.05, 4.69) is 9.82 Å². The Morgan fingerprint density at radius 2 is 2.06 bits per heavy atom. The van der Waals surface area contributed by atoms with Gasteiger partial charge in [-0.25, -0.2) is 8.42 Å². The summed E-state index contributed by atoms with van der Waals surface area (Å²) in [5.74, 6) is 0.213. The van der Waals surface area contributed by atoms with E-state index in [4.69, 9.17) is 5.26 Å². The second-order valence-electron chi connectivity index (χ2n) is 3.59. The number of hydrogen-bond acceptors (Lipinski definition) is 4. The molecule has 7 heteroatoms. The van der Waals surface area contributed by atoms with Gasteiger partial charge in [0.1, 0.15) is 11.0 Å². The van der Waals surface area contributed by atoms with E-state index in [1.165, 1.54) is 22.9 Å². The zero-order valence-corrected chi connectivity index (χ0v) is 10.3. The minimum absolute atomic E-state index is 0.0573. The van der Waals surface area contributed by atoms with Crippen LogP contribution in [0.15, 0.2) is 41.4 Å². The highest BCUT2D eigenvalue weighted by atomic mass is 32.2. The predicted molar refractivity (Wildman–Crippen MR) is 65.2 cm³/mol. The van der Waals surface area contributed by atoms with E-state index in [0.29, 0.717) is 0 Å². The number of sulfonamides is 1. The van der Waals surface area contributed by atoms with E-state index in [1.54, 1.807) is 25.4 Å². The van der Waals surface area contributed by atoms with E-state index in [9.17, 15) is 8.42 Å². The Kier molecular flexibility index (Phi) is 3.04. The molecule has 0 radical (unpaired) electrons. The van der Waals surface area contributed by atoms with Gasteiger partial charge in [0, 0.05) is 19.3 Å². The van der Waals surface area contributed by atoms with Gasteiger partial charge in [-0.1, -0.05) is 12.1 Å². The fourth-order valence-corrected chi connectivity index (χ4v) is 2.61. The third-order valence-electron chi connectivity index (χ3n) is 2.25. The molecule has 0 aliphatic carbocycles. The maximum absolute atomic E-state index is 12.1. The SMILES string of the molecule is Cn1ccc(NS(=O)(=O)c2ccccc2C#N)n1. The minimum atomic E-state index is -3.79. The fraction of sp³-hybridized carbons (Fsp3) is 0.0909. The largest absolute Gasteiger partial charge is 0.274 e. The normalized spacial score (nSPS) is 10.9. The summed E-state index contributed by atoms with van der Waals surface area (Å²) in [4.78, 5) is -0.0573. The lowest BCUT2D eigenvalue weighted by molar-refractivity contribution is 0.600. The van der Waals surface area contributed by atoms with Gasteiger partial charge in [-0.2, -0.15) is 10.4 Å². The van der Waals surface area contributed by atoms with Crippen LogP contribution in [0.25, 0.3) is 0 Å². The molecule has 0 saturated carbocycles. The first-order valence-corrected chi connectivity index (χ1v) is 6.53. The van der Waals surface area contributed by atoms with Crippen molar-refractivity contribution in [3.8, 4) is 6.07 Å². The fourth-order valence-electron chi connectivity index (χ4n) is 1.46. The molecule has 18 heavy (non-hydrogen) atoms. The van der Waals surface area contributed by atoms with Crippen LogP contribution < -0.4 is 4.72 Å². The van der Waals surface area contributed by atoms with E-state index < -0.39 is 10.0 Å². The van der Waals surface area contributed by atoms with Crippen LogP contribution in [0.3, 0.4) is 0 Å². The quantitative estimate of drug-likeness (QED) is 0.896. The van der Waals surface area contributed by atoms with Crippen molar-refractivity contribution in [1.29, 1.82) is 5.26 Å². The van der Waals surface area contributed by atoms with Gasteiger partial charge in [0.05, 0.1) is 5.56 Å². The Morgan fingerprint density at radius 1 is 1.33 bits per heavy atom. The summed E-state index contributed by atoms with van der Waals surface area (Å²) in [7, 11) is -2.11. The molecule has 0 saturated heterocycles. The van der Waals surface area contributed by atoms with Gasteiger partial charge >= 0.3 is 0 Å². The molecule has 6 nitrogen and oxygen atoms in total. The molecule has 0 fully saturated rings. The van der Waals surface area contributed by atoms with Gasteiger partial charge < -0.3 is 0 Å². The van der Waals surface area contributed by atoms with Gasteiger partial charge in [-0.3, -0.25) is 9.40 Å². The van der Waals surface area contributed by atoms with Gasteiger partial charge in [-0.15, -0.1) is 0 Å². The average molecular weight is 262 g/mol. The van der Waals surface area contributed by atoms with Crippen molar-refractivity contribution in [2.24, 2.45) is 7.05 Å². The van der Waals surface area contributed by atoms with Gasteiger partial charge in [0.2, 0.25) is 0 Å². The molecule has 0 unspecified atom stereocenters. The Morgan fingerprint density at radius 3 is 2.67 bits per heavy atom. The van der Waals surface area contributed by atoms with E-state index in [1.807, 2.05) is 6.07 Å². The Labute approximate surface area is 105 Å². The summed E-state index contributed by atoms with van der Waals surface area (Å²) in [6.07, 6.45) is 1.62.